The number of amides is 1. The molecule has 0 aliphatic carbocycles. The van der Waals surface area contributed by atoms with Crippen molar-refractivity contribution in [1.29, 1.82) is 0 Å². The second-order valence-corrected chi connectivity index (χ2v) is 3.91. The van der Waals surface area contributed by atoms with E-state index in [1.165, 1.54) is 17.0 Å². The first-order valence-electron chi connectivity index (χ1n) is 5.99. The van der Waals surface area contributed by atoms with Gasteiger partial charge in [-0.1, -0.05) is 12.1 Å². The van der Waals surface area contributed by atoms with Crippen LogP contribution in [-0.2, 0) is 4.74 Å². The van der Waals surface area contributed by atoms with Crippen molar-refractivity contribution in [2.24, 2.45) is 5.73 Å². The van der Waals surface area contributed by atoms with Gasteiger partial charge in [0.05, 0.1) is 12.6 Å². The molecule has 0 spiro atoms. The zero-order valence-electron chi connectivity index (χ0n) is 10.7. The lowest BCUT2D eigenvalue weighted by Crippen LogP contribution is -2.37. The minimum absolute atomic E-state index is 0.275. The number of nitrogens with zero attached hydrogens (tertiary/aromatic N) is 1. The number of carbonyl (C=O) groups is 1. The summed E-state index contributed by atoms with van der Waals surface area (Å²) in [6.07, 6.45) is -0.431. The summed E-state index contributed by atoms with van der Waals surface area (Å²) in [6.45, 7) is 4.57. The third-order valence-corrected chi connectivity index (χ3v) is 2.67. The fourth-order valence-electron chi connectivity index (χ4n) is 1.73. The molecule has 0 saturated heterocycles. The fourth-order valence-corrected chi connectivity index (χ4v) is 1.73. The van der Waals surface area contributed by atoms with Crippen LogP contribution in [0.1, 0.15) is 25.5 Å². The van der Waals surface area contributed by atoms with E-state index in [0.29, 0.717) is 19.7 Å². The Morgan fingerprint density at radius 1 is 1.56 bits per heavy atom. The first kappa shape index (κ1) is 14.4. The molecule has 1 aromatic carbocycles. The van der Waals surface area contributed by atoms with Gasteiger partial charge in [-0.05, 0) is 31.5 Å². The highest BCUT2D eigenvalue weighted by Gasteiger charge is 2.21. The zero-order valence-corrected chi connectivity index (χ0v) is 10.7. The van der Waals surface area contributed by atoms with Crippen LogP contribution in [-0.4, -0.2) is 30.7 Å². The summed E-state index contributed by atoms with van der Waals surface area (Å²) in [4.78, 5) is 13.3. The van der Waals surface area contributed by atoms with Gasteiger partial charge in [-0.25, -0.2) is 9.18 Å². The third-order valence-electron chi connectivity index (χ3n) is 2.67. The first-order valence-corrected chi connectivity index (χ1v) is 5.99. The molecule has 100 valence electrons. The molecule has 0 aromatic heterocycles. The number of benzene rings is 1. The van der Waals surface area contributed by atoms with E-state index in [9.17, 15) is 9.18 Å². The Hall–Kier alpha value is -1.62. The Kier molecular flexibility index (Phi) is 5.58. The van der Waals surface area contributed by atoms with Crippen LogP contribution >= 0.6 is 0 Å². The maximum absolute atomic E-state index is 13.2. The second kappa shape index (κ2) is 6.96. The first-order chi connectivity index (χ1) is 8.60. The average Bonchev–Trinajstić information content (AvgIpc) is 2.35. The summed E-state index contributed by atoms with van der Waals surface area (Å²) in [5.41, 5.74) is 6.20. The Labute approximate surface area is 107 Å². The van der Waals surface area contributed by atoms with E-state index >= 15 is 0 Å². The molecule has 0 fully saturated rings. The van der Waals surface area contributed by atoms with Crippen LogP contribution in [0, 0.1) is 5.82 Å². The monoisotopic (exact) mass is 254 g/mol. The molecular weight excluding hydrogens is 235 g/mol. The highest BCUT2D eigenvalue weighted by Crippen LogP contribution is 2.21. The molecule has 0 aliphatic rings. The number of ether oxygens (including phenoxy) is 1. The van der Waals surface area contributed by atoms with Crippen LogP contribution in [0.25, 0.3) is 0 Å². The van der Waals surface area contributed by atoms with Crippen molar-refractivity contribution in [2.75, 3.05) is 19.7 Å². The van der Waals surface area contributed by atoms with Crippen LogP contribution in [0.4, 0.5) is 9.18 Å². The van der Waals surface area contributed by atoms with E-state index in [-0.39, 0.29) is 11.9 Å². The van der Waals surface area contributed by atoms with Gasteiger partial charge in [0.2, 0.25) is 0 Å². The van der Waals surface area contributed by atoms with Crippen molar-refractivity contribution in [1.82, 2.24) is 4.90 Å². The van der Waals surface area contributed by atoms with Crippen molar-refractivity contribution < 1.29 is 13.9 Å². The van der Waals surface area contributed by atoms with Gasteiger partial charge in [-0.2, -0.15) is 0 Å². The second-order valence-electron chi connectivity index (χ2n) is 3.91. The molecule has 1 rings (SSSR count). The largest absolute Gasteiger partial charge is 0.450 e. The summed E-state index contributed by atoms with van der Waals surface area (Å²) in [5.74, 6) is -0.323. The smallest absolute Gasteiger partial charge is 0.410 e. The molecule has 1 amide bonds. The summed E-state index contributed by atoms with van der Waals surface area (Å²) in [6, 6.07) is 5.90. The zero-order chi connectivity index (χ0) is 13.5. The maximum atomic E-state index is 13.2. The van der Waals surface area contributed by atoms with Gasteiger partial charge in [0.25, 0.3) is 0 Å². The standard InChI is InChI=1S/C13H19FN2O2/c1-3-18-13(17)16(8-7-15)10(2)11-5-4-6-12(14)9-11/h4-6,9-10H,3,7-8,15H2,1-2H3/t10-/m1/s1. The molecule has 4 nitrogen and oxygen atoms in total. The van der Waals surface area contributed by atoms with E-state index in [1.54, 1.807) is 19.1 Å². The Bertz CT molecular complexity index is 398. The highest BCUT2D eigenvalue weighted by atomic mass is 19.1. The van der Waals surface area contributed by atoms with Crippen molar-refractivity contribution in [2.45, 2.75) is 19.9 Å². The van der Waals surface area contributed by atoms with Crippen LogP contribution in [0.15, 0.2) is 24.3 Å². The lowest BCUT2D eigenvalue weighted by atomic mass is 10.1. The molecule has 0 saturated carbocycles. The number of hydrogen-bond donors (Lipinski definition) is 1. The highest BCUT2D eigenvalue weighted by molar-refractivity contribution is 5.68. The van der Waals surface area contributed by atoms with Gasteiger partial charge >= 0.3 is 6.09 Å². The van der Waals surface area contributed by atoms with Crippen LogP contribution < -0.4 is 5.73 Å². The van der Waals surface area contributed by atoms with E-state index in [2.05, 4.69) is 0 Å². The molecule has 18 heavy (non-hydrogen) atoms. The van der Waals surface area contributed by atoms with Gasteiger partial charge in [0.15, 0.2) is 0 Å². The molecule has 2 N–H and O–H groups in total. The molecule has 5 heteroatoms. The van der Waals surface area contributed by atoms with E-state index in [1.807, 2.05) is 6.92 Å². The van der Waals surface area contributed by atoms with E-state index < -0.39 is 6.09 Å². The van der Waals surface area contributed by atoms with Gasteiger partial charge in [-0.15, -0.1) is 0 Å². The summed E-state index contributed by atoms with van der Waals surface area (Å²) in [5, 5.41) is 0. The minimum Gasteiger partial charge on any atom is -0.450 e. The van der Waals surface area contributed by atoms with Crippen molar-refractivity contribution >= 4 is 6.09 Å². The molecule has 0 heterocycles. The third kappa shape index (κ3) is 3.70. The Balaban J connectivity index is 2.88. The lowest BCUT2D eigenvalue weighted by molar-refractivity contribution is 0.0942. The Morgan fingerprint density at radius 3 is 2.83 bits per heavy atom. The normalized spacial score (nSPS) is 12.0. The Morgan fingerprint density at radius 2 is 2.28 bits per heavy atom. The summed E-state index contributed by atoms with van der Waals surface area (Å²) >= 11 is 0. The fraction of sp³-hybridized carbons (Fsp3) is 0.462. The van der Waals surface area contributed by atoms with E-state index in [4.69, 9.17) is 10.5 Å². The summed E-state index contributed by atoms with van der Waals surface area (Å²) in [7, 11) is 0. The lowest BCUT2D eigenvalue weighted by Gasteiger charge is -2.28. The van der Waals surface area contributed by atoms with Crippen molar-refractivity contribution in [3.63, 3.8) is 0 Å². The molecule has 0 unspecified atom stereocenters. The van der Waals surface area contributed by atoms with Gasteiger partial charge in [-0.3, -0.25) is 0 Å². The minimum atomic E-state index is -0.431. The average molecular weight is 254 g/mol. The van der Waals surface area contributed by atoms with Gasteiger partial charge in [0, 0.05) is 13.1 Å². The number of nitrogens with two attached hydrogens (primary N) is 1. The topological polar surface area (TPSA) is 55.6 Å². The molecule has 1 atom stereocenters. The summed E-state index contributed by atoms with van der Waals surface area (Å²) < 4.78 is 18.1. The molecule has 0 aliphatic heterocycles. The van der Waals surface area contributed by atoms with Gasteiger partial charge in [0.1, 0.15) is 5.82 Å². The number of hydrogen-bond acceptors (Lipinski definition) is 3. The maximum Gasteiger partial charge on any atom is 0.410 e. The quantitative estimate of drug-likeness (QED) is 0.877. The number of halogens is 1. The molecule has 1 aromatic rings. The van der Waals surface area contributed by atoms with Crippen LogP contribution in [0.3, 0.4) is 0 Å². The molecule has 0 bridgehead atoms. The van der Waals surface area contributed by atoms with E-state index in [0.717, 1.165) is 5.56 Å². The van der Waals surface area contributed by atoms with Crippen molar-refractivity contribution in [3.8, 4) is 0 Å². The SMILES string of the molecule is CCOC(=O)N(CCN)[C@H](C)c1cccc(F)c1. The number of rotatable bonds is 5. The van der Waals surface area contributed by atoms with Gasteiger partial charge < -0.3 is 15.4 Å². The predicted molar refractivity (Wildman–Crippen MR) is 67.6 cm³/mol. The van der Waals surface area contributed by atoms with Crippen LogP contribution in [0.5, 0.6) is 0 Å². The number of carbonyl (C=O) groups excluding carboxylic acids is 1. The van der Waals surface area contributed by atoms with Crippen molar-refractivity contribution in [3.05, 3.63) is 35.6 Å². The van der Waals surface area contributed by atoms with Crippen LogP contribution in [0.2, 0.25) is 0 Å². The molecular formula is C13H19FN2O2. The molecule has 0 radical (unpaired) electrons. The predicted octanol–water partition coefficient (Wildman–Crippen LogP) is 2.30.